The van der Waals surface area contributed by atoms with E-state index in [0.29, 0.717) is 24.2 Å². The van der Waals surface area contributed by atoms with Crippen molar-refractivity contribution in [3.05, 3.63) is 71.3 Å². The standard InChI is InChI=1S/C21H19N5OS.ClH/c22-14-16-5-4-8-18(13-16)20(27)25-9-11-26(12-10-25)21-24-23-19(15-28-21)17-6-2-1-3-7-17;/h1-8,13H,9-12,15H2;1H. The molecule has 2 heterocycles. The number of thioether (sulfide) groups is 1. The molecule has 0 spiro atoms. The Morgan fingerprint density at radius 2 is 1.76 bits per heavy atom. The highest BCUT2D eigenvalue weighted by atomic mass is 35.5. The average molecular weight is 426 g/mol. The Hall–Kier alpha value is -2.82. The number of piperazine rings is 1. The molecule has 29 heavy (non-hydrogen) atoms. The van der Waals surface area contributed by atoms with Crippen LogP contribution in [-0.4, -0.2) is 58.5 Å². The fraction of sp³-hybridized carbons (Fsp3) is 0.238. The van der Waals surface area contributed by atoms with Gasteiger partial charge in [-0.15, -0.1) is 17.5 Å². The summed E-state index contributed by atoms with van der Waals surface area (Å²) < 4.78 is 0. The molecule has 148 valence electrons. The summed E-state index contributed by atoms with van der Waals surface area (Å²) in [5.41, 5.74) is 3.16. The number of rotatable bonds is 2. The van der Waals surface area contributed by atoms with Gasteiger partial charge in [0.1, 0.15) is 0 Å². The molecule has 4 rings (SSSR count). The van der Waals surface area contributed by atoms with Crippen molar-refractivity contribution in [2.45, 2.75) is 0 Å². The van der Waals surface area contributed by atoms with E-state index in [2.05, 4.69) is 21.2 Å². The molecule has 2 aliphatic heterocycles. The summed E-state index contributed by atoms with van der Waals surface area (Å²) in [6.45, 7) is 2.71. The van der Waals surface area contributed by atoms with Crippen LogP contribution in [0.25, 0.3) is 0 Å². The molecule has 0 saturated carbocycles. The zero-order valence-corrected chi connectivity index (χ0v) is 17.3. The van der Waals surface area contributed by atoms with E-state index in [0.717, 1.165) is 35.3 Å². The number of hydrogen-bond acceptors (Lipinski definition) is 6. The molecule has 8 heteroatoms. The van der Waals surface area contributed by atoms with E-state index < -0.39 is 0 Å². The number of amidine groups is 1. The lowest BCUT2D eigenvalue weighted by molar-refractivity contribution is 0.0693. The monoisotopic (exact) mass is 425 g/mol. The molecule has 1 fully saturated rings. The predicted octanol–water partition coefficient (Wildman–Crippen LogP) is 3.24. The first kappa shape index (κ1) is 20.9. The molecule has 2 aliphatic rings. The molecule has 0 N–H and O–H groups in total. The first-order valence-corrected chi connectivity index (χ1v) is 10.1. The Bertz CT molecular complexity index is 978. The molecular formula is C21H20ClN5OS. The fourth-order valence-electron chi connectivity index (χ4n) is 3.23. The van der Waals surface area contributed by atoms with E-state index >= 15 is 0 Å². The summed E-state index contributed by atoms with van der Waals surface area (Å²) >= 11 is 1.69. The summed E-state index contributed by atoms with van der Waals surface area (Å²) in [5.74, 6) is 0.766. The number of amides is 1. The summed E-state index contributed by atoms with van der Waals surface area (Å²) in [6, 6.07) is 19.0. The van der Waals surface area contributed by atoms with Gasteiger partial charge in [0.2, 0.25) is 0 Å². The van der Waals surface area contributed by atoms with E-state index in [1.165, 1.54) is 0 Å². The molecule has 1 saturated heterocycles. The lowest BCUT2D eigenvalue weighted by atomic mass is 10.1. The Kier molecular flexibility index (Phi) is 6.91. The predicted molar refractivity (Wildman–Crippen MR) is 119 cm³/mol. The SMILES string of the molecule is Cl.N#Cc1cccc(C(=O)N2CCN(C3=NN=C(c4ccccc4)CS3)CC2)c1. The van der Waals surface area contributed by atoms with Gasteiger partial charge >= 0.3 is 0 Å². The molecule has 2 aromatic carbocycles. The second-order valence-electron chi connectivity index (χ2n) is 6.56. The van der Waals surface area contributed by atoms with Crippen molar-refractivity contribution >= 4 is 41.0 Å². The third-order valence-electron chi connectivity index (χ3n) is 4.78. The van der Waals surface area contributed by atoms with Gasteiger partial charge in [-0.25, -0.2) is 0 Å². The van der Waals surface area contributed by atoms with Gasteiger partial charge in [0.25, 0.3) is 5.91 Å². The van der Waals surface area contributed by atoms with Crippen LogP contribution in [0.5, 0.6) is 0 Å². The Balaban J connectivity index is 0.00000240. The van der Waals surface area contributed by atoms with Crippen molar-refractivity contribution in [1.82, 2.24) is 9.80 Å². The minimum Gasteiger partial charge on any atom is -0.346 e. The molecule has 2 aromatic rings. The molecule has 6 nitrogen and oxygen atoms in total. The first-order valence-electron chi connectivity index (χ1n) is 9.12. The van der Waals surface area contributed by atoms with Crippen LogP contribution in [0, 0.1) is 11.3 Å². The summed E-state index contributed by atoms with van der Waals surface area (Å²) in [4.78, 5) is 16.7. The zero-order valence-electron chi connectivity index (χ0n) is 15.7. The first-order chi connectivity index (χ1) is 13.7. The van der Waals surface area contributed by atoms with Crippen LogP contribution in [0.4, 0.5) is 0 Å². The van der Waals surface area contributed by atoms with Crippen molar-refractivity contribution in [2.24, 2.45) is 10.2 Å². The maximum atomic E-state index is 12.7. The van der Waals surface area contributed by atoms with Gasteiger partial charge < -0.3 is 9.80 Å². The van der Waals surface area contributed by atoms with Crippen molar-refractivity contribution in [1.29, 1.82) is 5.26 Å². The second kappa shape index (κ2) is 9.59. The Labute approximate surface area is 180 Å². The van der Waals surface area contributed by atoms with Crippen LogP contribution in [0.2, 0.25) is 0 Å². The quantitative estimate of drug-likeness (QED) is 0.740. The molecule has 1 amide bonds. The molecular weight excluding hydrogens is 406 g/mol. The number of halogens is 1. The molecule has 0 radical (unpaired) electrons. The number of benzene rings is 2. The molecule has 0 atom stereocenters. The van der Waals surface area contributed by atoms with Gasteiger partial charge in [-0.3, -0.25) is 4.79 Å². The van der Waals surface area contributed by atoms with E-state index in [9.17, 15) is 4.79 Å². The van der Waals surface area contributed by atoms with Crippen LogP contribution in [0.1, 0.15) is 21.5 Å². The Morgan fingerprint density at radius 3 is 2.41 bits per heavy atom. The van der Waals surface area contributed by atoms with Gasteiger partial charge in [0.15, 0.2) is 5.17 Å². The topological polar surface area (TPSA) is 72.1 Å². The van der Waals surface area contributed by atoms with Crippen LogP contribution < -0.4 is 0 Å². The number of nitrogens with zero attached hydrogens (tertiary/aromatic N) is 5. The third kappa shape index (κ3) is 4.78. The van der Waals surface area contributed by atoms with Crippen molar-refractivity contribution < 1.29 is 4.79 Å². The smallest absolute Gasteiger partial charge is 0.254 e. The average Bonchev–Trinajstić information content (AvgIpc) is 2.79. The van der Waals surface area contributed by atoms with Gasteiger partial charge in [-0.05, 0) is 23.8 Å². The Morgan fingerprint density at radius 1 is 1.00 bits per heavy atom. The maximum absolute atomic E-state index is 12.7. The summed E-state index contributed by atoms with van der Waals surface area (Å²) in [6.07, 6.45) is 0. The maximum Gasteiger partial charge on any atom is 0.254 e. The van der Waals surface area contributed by atoms with Gasteiger partial charge in [0.05, 0.1) is 17.3 Å². The molecule has 0 bridgehead atoms. The van der Waals surface area contributed by atoms with Gasteiger partial charge in [0, 0.05) is 37.5 Å². The minimum atomic E-state index is -0.0284. The largest absolute Gasteiger partial charge is 0.346 e. The second-order valence-corrected chi connectivity index (χ2v) is 7.50. The van der Waals surface area contributed by atoms with Crippen LogP contribution in [-0.2, 0) is 0 Å². The number of carbonyl (C=O) groups is 1. The number of hydrogen-bond donors (Lipinski definition) is 0. The summed E-state index contributed by atoms with van der Waals surface area (Å²) in [5, 5.41) is 18.8. The highest BCUT2D eigenvalue weighted by Gasteiger charge is 2.25. The minimum absolute atomic E-state index is 0. The normalized spacial score (nSPS) is 16.2. The van der Waals surface area contributed by atoms with Crippen LogP contribution in [0.3, 0.4) is 0 Å². The van der Waals surface area contributed by atoms with E-state index in [1.54, 1.807) is 36.0 Å². The fourth-order valence-corrected chi connectivity index (χ4v) is 4.18. The van der Waals surface area contributed by atoms with E-state index in [4.69, 9.17) is 5.26 Å². The van der Waals surface area contributed by atoms with E-state index in [1.807, 2.05) is 35.2 Å². The lowest BCUT2D eigenvalue weighted by Crippen LogP contribution is -2.50. The number of nitriles is 1. The van der Waals surface area contributed by atoms with Crippen molar-refractivity contribution in [3.8, 4) is 6.07 Å². The highest BCUT2D eigenvalue weighted by molar-refractivity contribution is 8.14. The van der Waals surface area contributed by atoms with Crippen LogP contribution >= 0.6 is 24.2 Å². The van der Waals surface area contributed by atoms with Gasteiger partial charge in [-0.1, -0.05) is 48.2 Å². The third-order valence-corrected chi connectivity index (χ3v) is 5.79. The lowest BCUT2D eigenvalue weighted by Gasteiger charge is -2.36. The zero-order chi connectivity index (χ0) is 19.3. The van der Waals surface area contributed by atoms with Gasteiger partial charge in [-0.2, -0.15) is 10.4 Å². The summed E-state index contributed by atoms with van der Waals surface area (Å²) in [7, 11) is 0. The molecule has 0 unspecified atom stereocenters. The van der Waals surface area contributed by atoms with Crippen LogP contribution in [0.15, 0.2) is 64.8 Å². The highest BCUT2D eigenvalue weighted by Crippen LogP contribution is 2.20. The van der Waals surface area contributed by atoms with Crippen molar-refractivity contribution in [2.75, 3.05) is 31.9 Å². The van der Waals surface area contributed by atoms with E-state index in [-0.39, 0.29) is 18.3 Å². The molecule has 0 aliphatic carbocycles. The molecule has 0 aromatic heterocycles. The number of carbonyl (C=O) groups excluding carboxylic acids is 1. The van der Waals surface area contributed by atoms with Crippen molar-refractivity contribution in [3.63, 3.8) is 0 Å².